The molecule has 2 aromatic heterocycles. The SMILES string of the molecule is Cc1nc(C)c(-c2nc(N3CCNC(C)C3)n[nH]2)s1. The zero-order valence-corrected chi connectivity index (χ0v) is 12.2. The second-order valence-corrected chi connectivity index (χ2v) is 6.14. The first kappa shape index (κ1) is 12.6. The maximum atomic E-state index is 4.61. The molecule has 19 heavy (non-hydrogen) atoms. The zero-order chi connectivity index (χ0) is 13.4. The molecular weight excluding hydrogens is 260 g/mol. The minimum atomic E-state index is 0.475. The van der Waals surface area contributed by atoms with E-state index in [4.69, 9.17) is 0 Å². The van der Waals surface area contributed by atoms with Crippen molar-refractivity contribution in [2.75, 3.05) is 24.5 Å². The summed E-state index contributed by atoms with van der Waals surface area (Å²) in [6.45, 7) is 9.06. The molecule has 0 aromatic carbocycles. The number of piperazine rings is 1. The fraction of sp³-hybridized carbons (Fsp3) is 0.583. The molecule has 0 saturated carbocycles. The molecule has 0 aliphatic carbocycles. The second-order valence-electron chi connectivity index (χ2n) is 4.93. The largest absolute Gasteiger partial charge is 0.337 e. The second kappa shape index (κ2) is 4.90. The third-order valence-electron chi connectivity index (χ3n) is 3.24. The molecule has 3 rings (SSSR count). The van der Waals surface area contributed by atoms with Gasteiger partial charge in [0.05, 0.1) is 15.6 Å². The number of hydrogen-bond donors (Lipinski definition) is 2. The lowest BCUT2D eigenvalue weighted by molar-refractivity contribution is 0.480. The minimum absolute atomic E-state index is 0.475. The summed E-state index contributed by atoms with van der Waals surface area (Å²) in [5.41, 5.74) is 1.01. The summed E-state index contributed by atoms with van der Waals surface area (Å²) in [6, 6.07) is 0.475. The quantitative estimate of drug-likeness (QED) is 0.867. The van der Waals surface area contributed by atoms with Gasteiger partial charge < -0.3 is 10.2 Å². The van der Waals surface area contributed by atoms with E-state index in [1.807, 2.05) is 13.8 Å². The van der Waals surface area contributed by atoms with Crippen LogP contribution in [0.1, 0.15) is 17.6 Å². The Kier molecular flexibility index (Phi) is 3.24. The minimum Gasteiger partial charge on any atom is -0.337 e. The molecule has 3 heterocycles. The maximum Gasteiger partial charge on any atom is 0.245 e. The van der Waals surface area contributed by atoms with E-state index >= 15 is 0 Å². The Morgan fingerprint density at radius 1 is 1.32 bits per heavy atom. The van der Waals surface area contributed by atoms with E-state index in [-0.39, 0.29) is 0 Å². The highest BCUT2D eigenvalue weighted by Crippen LogP contribution is 2.27. The number of H-pyrrole nitrogens is 1. The number of thiazole rings is 1. The van der Waals surface area contributed by atoms with Crippen LogP contribution in [0.5, 0.6) is 0 Å². The lowest BCUT2D eigenvalue weighted by Gasteiger charge is -2.30. The lowest BCUT2D eigenvalue weighted by atomic mass is 10.2. The number of aromatic amines is 1. The third kappa shape index (κ3) is 2.48. The molecule has 0 spiro atoms. The topological polar surface area (TPSA) is 69.7 Å². The molecule has 0 amide bonds. The van der Waals surface area contributed by atoms with Gasteiger partial charge in [-0.1, -0.05) is 0 Å². The number of nitrogens with zero attached hydrogens (tertiary/aromatic N) is 4. The molecule has 1 fully saturated rings. The van der Waals surface area contributed by atoms with Gasteiger partial charge in [0.25, 0.3) is 0 Å². The first-order valence-electron chi connectivity index (χ1n) is 6.48. The number of aromatic nitrogens is 4. The van der Waals surface area contributed by atoms with Crippen LogP contribution in [-0.4, -0.2) is 45.8 Å². The monoisotopic (exact) mass is 278 g/mol. The van der Waals surface area contributed by atoms with Crippen molar-refractivity contribution >= 4 is 17.3 Å². The number of aryl methyl sites for hydroxylation is 2. The Morgan fingerprint density at radius 2 is 2.16 bits per heavy atom. The van der Waals surface area contributed by atoms with Gasteiger partial charge in [-0.15, -0.1) is 16.4 Å². The summed E-state index contributed by atoms with van der Waals surface area (Å²) < 4.78 is 0. The van der Waals surface area contributed by atoms with Gasteiger partial charge in [-0.25, -0.2) is 4.98 Å². The average Bonchev–Trinajstić information content (AvgIpc) is 2.96. The Hall–Kier alpha value is -1.47. The maximum absolute atomic E-state index is 4.61. The average molecular weight is 278 g/mol. The molecule has 102 valence electrons. The molecule has 1 saturated heterocycles. The van der Waals surface area contributed by atoms with Crippen LogP contribution in [0, 0.1) is 13.8 Å². The Labute approximate surface area is 116 Å². The highest BCUT2D eigenvalue weighted by Gasteiger charge is 2.20. The molecule has 7 heteroatoms. The molecule has 6 nitrogen and oxygen atoms in total. The molecule has 1 aliphatic rings. The van der Waals surface area contributed by atoms with Gasteiger partial charge in [-0.05, 0) is 20.8 Å². The van der Waals surface area contributed by atoms with Gasteiger partial charge in [0.15, 0.2) is 5.82 Å². The number of hydrogen-bond acceptors (Lipinski definition) is 6. The van der Waals surface area contributed by atoms with Crippen LogP contribution in [0.2, 0.25) is 0 Å². The van der Waals surface area contributed by atoms with E-state index in [1.165, 1.54) is 0 Å². The fourth-order valence-electron chi connectivity index (χ4n) is 2.36. The standard InChI is InChI=1S/C12H18N6S/c1-7-6-18(5-4-13-7)12-15-11(16-17-12)10-8(2)14-9(3)19-10/h7,13H,4-6H2,1-3H3,(H,15,16,17). The van der Waals surface area contributed by atoms with Crippen molar-refractivity contribution in [1.29, 1.82) is 0 Å². The zero-order valence-electron chi connectivity index (χ0n) is 11.4. The highest BCUT2D eigenvalue weighted by atomic mass is 32.1. The fourth-order valence-corrected chi connectivity index (χ4v) is 3.22. The van der Waals surface area contributed by atoms with Crippen molar-refractivity contribution in [3.8, 4) is 10.7 Å². The molecule has 0 radical (unpaired) electrons. The molecule has 2 N–H and O–H groups in total. The summed E-state index contributed by atoms with van der Waals surface area (Å²) >= 11 is 1.65. The van der Waals surface area contributed by atoms with Gasteiger partial charge in [0, 0.05) is 25.7 Å². The van der Waals surface area contributed by atoms with Crippen molar-refractivity contribution in [3.63, 3.8) is 0 Å². The van der Waals surface area contributed by atoms with Crippen LogP contribution in [-0.2, 0) is 0 Å². The lowest BCUT2D eigenvalue weighted by Crippen LogP contribution is -2.49. The van der Waals surface area contributed by atoms with E-state index in [9.17, 15) is 0 Å². The first-order valence-corrected chi connectivity index (χ1v) is 7.30. The van der Waals surface area contributed by atoms with Gasteiger partial charge in [-0.2, -0.15) is 4.98 Å². The summed E-state index contributed by atoms with van der Waals surface area (Å²) in [6.07, 6.45) is 0. The third-order valence-corrected chi connectivity index (χ3v) is 4.32. The van der Waals surface area contributed by atoms with Crippen LogP contribution < -0.4 is 10.2 Å². The molecular formula is C12H18N6S. The van der Waals surface area contributed by atoms with Crippen molar-refractivity contribution in [2.24, 2.45) is 0 Å². The van der Waals surface area contributed by atoms with E-state index < -0.39 is 0 Å². The van der Waals surface area contributed by atoms with Crippen LogP contribution in [0.3, 0.4) is 0 Å². The van der Waals surface area contributed by atoms with Crippen LogP contribution >= 0.6 is 11.3 Å². The van der Waals surface area contributed by atoms with Gasteiger partial charge in [0.2, 0.25) is 5.95 Å². The summed E-state index contributed by atoms with van der Waals surface area (Å²) in [5, 5.41) is 11.9. The van der Waals surface area contributed by atoms with Crippen molar-refractivity contribution in [2.45, 2.75) is 26.8 Å². The predicted molar refractivity (Wildman–Crippen MR) is 76.6 cm³/mol. The summed E-state index contributed by atoms with van der Waals surface area (Å²) in [4.78, 5) is 12.3. The van der Waals surface area contributed by atoms with Crippen LogP contribution in [0.25, 0.3) is 10.7 Å². The molecule has 2 aromatic rings. The van der Waals surface area contributed by atoms with Crippen molar-refractivity contribution in [1.82, 2.24) is 25.5 Å². The van der Waals surface area contributed by atoms with E-state index in [0.29, 0.717) is 6.04 Å². The Bertz CT molecular complexity index is 575. The van der Waals surface area contributed by atoms with Crippen LogP contribution in [0.4, 0.5) is 5.95 Å². The molecule has 1 atom stereocenters. The van der Waals surface area contributed by atoms with Crippen molar-refractivity contribution in [3.05, 3.63) is 10.7 Å². The summed E-state index contributed by atoms with van der Waals surface area (Å²) in [5.74, 6) is 1.61. The molecule has 1 aliphatic heterocycles. The van der Waals surface area contributed by atoms with Gasteiger partial charge in [0.1, 0.15) is 0 Å². The highest BCUT2D eigenvalue weighted by molar-refractivity contribution is 7.15. The summed E-state index contributed by atoms with van der Waals surface area (Å²) in [7, 11) is 0. The number of nitrogens with one attached hydrogen (secondary N) is 2. The van der Waals surface area contributed by atoms with Gasteiger partial charge >= 0.3 is 0 Å². The van der Waals surface area contributed by atoms with E-state index in [1.54, 1.807) is 11.3 Å². The molecule has 1 unspecified atom stereocenters. The molecule has 0 bridgehead atoms. The Morgan fingerprint density at radius 3 is 2.84 bits per heavy atom. The Balaban J connectivity index is 1.85. The van der Waals surface area contributed by atoms with E-state index in [0.717, 1.165) is 47.0 Å². The smallest absolute Gasteiger partial charge is 0.245 e. The van der Waals surface area contributed by atoms with E-state index in [2.05, 4.69) is 37.3 Å². The van der Waals surface area contributed by atoms with Gasteiger partial charge in [-0.3, -0.25) is 5.10 Å². The first-order chi connectivity index (χ1) is 9.13. The normalized spacial score (nSPS) is 19.9. The number of anilines is 1. The van der Waals surface area contributed by atoms with Crippen molar-refractivity contribution < 1.29 is 0 Å². The van der Waals surface area contributed by atoms with Crippen LogP contribution in [0.15, 0.2) is 0 Å². The predicted octanol–water partition coefficient (Wildman–Crippen LogP) is 1.34. The number of rotatable bonds is 2.